The van der Waals surface area contributed by atoms with Gasteiger partial charge in [0.1, 0.15) is 11.5 Å². The van der Waals surface area contributed by atoms with Gasteiger partial charge in [0.25, 0.3) is 0 Å². The maximum absolute atomic E-state index is 12.4. The van der Waals surface area contributed by atoms with Crippen molar-refractivity contribution in [3.05, 3.63) is 59.3 Å². The predicted octanol–water partition coefficient (Wildman–Crippen LogP) is -4.78. The van der Waals surface area contributed by atoms with Gasteiger partial charge in [-0.1, -0.05) is 18.2 Å². The van der Waals surface area contributed by atoms with Crippen molar-refractivity contribution in [3.63, 3.8) is 0 Å². The average Bonchev–Trinajstić information content (AvgIpc) is 3.15. The molecular formula is C22H24N6Na2O5-2. The van der Waals surface area contributed by atoms with Gasteiger partial charge in [-0.05, 0) is 42.5 Å². The van der Waals surface area contributed by atoms with Crippen molar-refractivity contribution >= 4 is 41.3 Å². The zero-order valence-corrected chi connectivity index (χ0v) is 23.7. The van der Waals surface area contributed by atoms with Crippen molar-refractivity contribution in [2.45, 2.75) is 31.7 Å². The van der Waals surface area contributed by atoms with E-state index in [-0.39, 0.29) is 88.9 Å². The smallest absolute Gasteiger partial charge is 0.870 e. The van der Waals surface area contributed by atoms with E-state index in [2.05, 4.69) is 26.8 Å². The van der Waals surface area contributed by atoms with Gasteiger partial charge < -0.3 is 42.3 Å². The van der Waals surface area contributed by atoms with Crippen molar-refractivity contribution in [2.75, 3.05) is 11.5 Å². The number of anilines is 2. The molecular weight excluding hydrogens is 474 g/mol. The first-order valence-corrected chi connectivity index (χ1v) is 9.59. The largest absolute Gasteiger partial charge is 1.00 e. The second-order valence-corrected chi connectivity index (χ2v) is 7.12. The average molecular weight is 498 g/mol. The Balaban J connectivity index is 0. The summed E-state index contributed by atoms with van der Waals surface area (Å²) < 4.78 is 0. The van der Waals surface area contributed by atoms with E-state index in [9.17, 15) is 14.4 Å². The molecule has 11 nitrogen and oxygen atoms in total. The molecule has 0 saturated heterocycles. The van der Waals surface area contributed by atoms with Crippen molar-refractivity contribution in [3.8, 4) is 0 Å². The minimum absolute atomic E-state index is 0. The molecule has 0 unspecified atom stereocenters. The Morgan fingerprint density at radius 1 is 1.09 bits per heavy atom. The first-order valence-electron chi connectivity index (χ1n) is 9.59. The molecule has 0 aliphatic carbocycles. The number of benzene rings is 1. The molecule has 1 aromatic carbocycles. The number of hydrogen-bond acceptors (Lipinski definition) is 9. The van der Waals surface area contributed by atoms with Crippen molar-refractivity contribution in [2.24, 2.45) is 0 Å². The van der Waals surface area contributed by atoms with E-state index in [1.54, 1.807) is 24.7 Å². The molecule has 176 valence electrons. The van der Waals surface area contributed by atoms with E-state index >= 15 is 0 Å². The van der Waals surface area contributed by atoms with Crippen LogP contribution in [0.4, 0.5) is 11.8 Å². The van der Waals surface area contributed by atoms with E-state index < -0.39 is 11.9 Å². The second-order valence-electron chi connectivity index (χ2n) is 7.12. The van der Waals surface area contributed by atoms with Crippen molar-refractivity contribution in [1.82, 2.24) is 20.3 Å². The predicted molar refractivity (Wildman–Crippen MR) is 121 cm³/mol. The van der Waals surface area contributed by atoms with Crippen LogP contribution < -0.4 is 75.9 Å². The molecule has 0 saturated carbocycles. The summed E-state index contributed by atoms with van der Waals surface area (Å²) in [6, 6.07) is 6.21. The van der Waals surface area contributed by atoms with Crippen LogP contribution in [0.5, 0.6) is 0 Å². The molecule has 0 spiro atoms. The van der Waals surface area contributed by atoms with Crippen LogP contribution in [0.15, 0.2) is 42.6 Å². The van der Waals surface area contributed by atoms with Crippen LogP contribution in [0.1, 0.15) is 34.3 Å². The number of nitrogens with two attached hydrogens (primary N) is 2. The minimum Gasteiger partial charge on any atom is -0.870 e. The normalized spacial score (nSPS) is 10.4. The van der Waals surface area contributed by atoms with Gasteiger partial charge >= 0.3 is 59.1 Å². The number of fused-ring (bicyclic) bond motifs is 1. The third-order valence-corrected chi connectivity index (χ3v) is 4.82. The first kappa shape index (κ1) is 35.1. The molecule has 35 heavy (non-hydrogen) atoms. The molecule has 3 rings (SSSR count). The SMILES string of the molecule is C=C(C[C-]=O)C[C@@H]([C-]=O)NC(=O)c1ccc(CCc2c[nH]c3nc(N)nc(N)c23)cc1.[Na+].[Na+].[OH-].[OH-]. The van der Waals surface area contributed by atoms with Crippen LogP contribution in [0, 0.1) is 0 Å². The van der Waals surface area contributed by atoms with Crippen molar-refractivity contribution in [1.29, 1.82) is 0 Å². The molecule has 1 atom stereocenters. The number of carbonyl (C=O) groups is 1. The van der Waals surface area contributed by atoms with Gasteiger partial charge in [-0.15, -0.1) is 18.6 Å². The van der Waals surface area contributed by atoms with E-state index in [1.165, 1.54) is 0 Å². The van der Waals surface area contributed by atoms with Gasteiger partial charge in [-0.25, -0.2) is 6.29 Å². The number of aryl methyl sites for hydroxylation is 2. The molecule has 0 bridgehead atoms. The van der Waals surface area contributed by atoms with E-state index in [1.807, 2.05) is 18.3 Å². The number of nitrogens with zero attached hydrogens (tertiary/aromatic N) is 2. The molecule has 0 aliphatic rings. The van der Waals surface area contributed by atoms with Gasteiger partial charge in [-0.3, -0.25) is 11.1 Å². The molecule has 2 aromatic heterocycles. The Morgan fingerprint density at radius 3 is 2.34 bits per heavy atom. The quantitative estimate of drug-likeness (QED) is 0.120. The van der Waals surface area contributed by atoms with Gasteiger partial charge in [0.15, 0.2) is 0 Å². The Morgan fingerprint density at radius 2 is 1.74 bits per heavy atom. The number of amides is 1. The maximum Gasteiger partial charge on any atom is 1.00 e. The van der Waals surface area contributed by atoms with Crippen molar-refractivity contribution < 1.29 is 84.5 Å². The summed E-state index contributed by atoms with van der Waals surface area (Å²) in [4.78, 5) is 45.1. The molecule has 3 aromatic rings. The third-order valence-electron chi connectivity index (χ3n) is 4.82. The summed E-state index contributed by atoms with van der Waals surface area (Å²) in [6.07, 6.45) is 6.88. The Labute approximate surface area is 246 Å². The topological polar surface area (TPSA) is 217 Å². The summed E-state index contributed by atoms with van der Waals surface area (Å²) >= 11 is 0. The number of aromatic amines is 1. The minimum atomic E-state index is -0.864. The van der Waals surface area contributed by atoms with Crippen LogP contribution in [0.2, 0.25) is 0 Å². The van der Waals surface area contributed by atoms with Crippen LogP contribution >= 0.6 is 0 Å². The number of carbonyl (C=O) groups excluding carboxylic acids is 3. The first-order chi connectivity index (χ1) is 14.9. The molecule has 0 fully saturated rings. The number of aromatic nitrogens is 3. The Hall–Kier alpha value is -2.09. The zero-order valence-electron chi connectivity index (χ0n) is 19.7. The van der Waals surface area contributed by atoms with Gasteiger partial charge in [0.05, 0.1) is 5.39 Å². The molecule has 0 radical (unpaired) electrons. The number of hydrogen-bond donors (Lipinski definition) is 4. The monoisotopic (exact) mass is 498 g/mol. The second kappa shape index (κ2) is 16.6. The van der Waals surface area contributed by atoms with E-state index in [4.69, 9.17) is 11.5 Å². The number of rotatable bonds is 10. The number of nitrogens with one attached hydrogen (secondary N) is 2. The van der Waals surface area contributed by atoms with Crippen LogP contribution in [0.25, 0.3) is 11.0 Å². The fourth-order valence-electron chi connectivity index (χ4n) is 3.27. The number of nitrogen functional groups attached to an aromatic ring is 2. The molecule has 1 amide bonds. The Bertz CT molecular complexity index is 1140. The molecule has 2 heterocycles. The summed E-state index contributed by atoms with van der Waals surface area (Å²) in [5.74, 6) is 0.0519. The van der Waals surface area contributed by atoms with E-state index in [0.717, 1.165) is 16.5 Å². The molecule has 13 heteroatoms. The summed E-state index contributed by atoms with van der Waals surface area (Å²) in [5, 5.41) is 3.34. The third kappa shape index (κ3) is 9.47. The summed E-state index contributed by atoms with van der Waals surface area (Å²) in [5.41, 5.74) is 15.1. The van der Waals surface area contributed by atoms with Crippen LogP contribution in [-0.4, -0.2) is 50.4 Å². The fraction of sp³-hybridized carbons (Fsp3) is 0.227. The standard InChI is InChI=1S/C22H22N6O3.2Na.2H2O/c1-13(8-9-29)10-17(12-30)26-21(31)15-5-2-14(3-6-15)4-7-16-11-25-20-18(16)19(23)27-22(24)28-20;;;;/h2-3,5-6,11,17H,1,4,7-8,10H2,(H,26,31)(H5,23,24,25,27,28);;;2*1H2/q-2;2*+1;;/p-2/t17-;;;;/m0..../s1. The maximum atomic E-state index is 12.4. The summed E-state index contributed by atoms with van der Waals surface area (Å²) in [7, 11) is 0. The Kier molecular flexibility index (Phi) is 16.6. The van der Waals surface area contributed by atoms with Gasteiger partial charge in [0, 0.05) is 11.8 Å². The fourth-order valence-corrected chi connectivity index (χ4v) is 3.27. The molecule has 0 aliphatic heterocycles. The van der Waals surface area contributed by atoms with Gasteiger partial charge in [0.2, 0.25) is 11.9 Å². The van der Waals surface area contributed by atoms with Crippen LogP contribution in [0.3, 0.4) is 0 Å². The summed E-state index contributed by atoms with van der Waals surface area (Å²) in [6.45, 7) is 3.68. The molecule has 8 N–H and O–H groups in total. The zero-order chi connectivity index (χ0) is 22.4. The van der Waals surface area contributed by atoms with Gasteiger partial charge in [-0.2, -0.15) is 9.97 Å². The van der Waals surface area contributed by atoms with E-state index in [0.29, 0.717) is 35.4 Å². The van der Waals surface area contributed by atoms with Crippen LogP contribution in [-0.2, 0) is 22.4 Å². The number of H-pyrrole nitrogens is 1.